The van der Waals surface area contributed by atoms with Gasteiger partial charge in [0.05, 0.1) is 22.8 Å². The van der Waals surface area contributed by atoms with Gasteiger partial charge in [0.2, 0.25) is 10.0 Å². The van der Waals surface area contributed by atoms with Gasteiger partial charge >= 0.3 is 0 Å². The number of hydrogen-bond acceptors (Lipinski definition) is 7. The second-order valence-corrected chi connectivity index (χ2v) is 9.02. The molecule has 0 aliphatic heterocycles. The molecule has 9 heteroatoms. The Balaban J connectivity index is 1.74. The van der Waals surface area contributed by atoms with Gasteiger partial charge in [0.15, 0.2) is 0 Å². The third kappa shape index (κ3) is 2.86. The van der Waals surface area contributed by atoms with E-state index in [-0.39, 0.29) is 4.90 Å². The summed E-state index contributed by atoms with van der Waals surface area (Å²) in [6.07, 6.45) is 4.76. The van der Waals surface area contributed by atoms with Crippen LogP contribution in [0.25, 0.3) is 11.1 Å². The molecule has 7 nitrogen and oxygen atoms in total. The van der Waals surface area contributed by atoms with Gasteiger partial charge in [0.1, 0.15) is 9.90 Å². The largest absolute Gasteiger partial charge is 0.336 e. The Hall–Kier alpha value is -1.84. The van der Waals surface area contributed by atoms with E-state index in [9.17, 15) is 8.42 Å². The van der Waals surface area contributed by atoms with E-state index in [1.807, 2.05) is 12.3 Å². The van der Waals surface area contributed by atoms with Crippen LogP contribution in [0.5, 0.6) is 0 Å². The summed E-state index contributed by atoms with van der Waals surface area (Å²) in [6.45, 7) is 3.68. The number of sulfonamides is 1. The fourth-order valence-electron chi connectivity index (χ4n) is 3.30. The summed E-state index contributed by atoms with van der Waals surface area (Å²) in [5.41, 5.74) is 1.23. The third-order valence-electron chi connectivity index (χ3n) is 4.61. The molecule has 132 valence electrons. The van der Waals surface area contributed by atoms with Crippen LogP contribution in [0, 0.1) is 13.8 Å². The molecule has 3 aromatic heterocycles. The van der Waals surface area contributed by atoms with Crippen molar-refractivity contribution in [3.8, 4) is 0 Å². The topological polar surface area (TPSA) is 98.0 Å². The lowest BCUT2D eigenvalue weighted by Crippen LogP contribution is -2.43. The molecule has 0 amide bonds. The first-order chi connectivity index (χ1) is 11.9. The van der Waals surface area contributed by atoms with Crippen LogP contribution in [0.15, 0.2) is 27.1 Å². The number of aromatic nitrogens is 3. The molecule has 0 unspecified atom stereocenters. The molecule has 25 heavy (non-hydrogen) atoms. The minimum absolute atomic E-state index is 0.117. The Labute approximate surface area is 149 Å². The average Bonchev–Trinajstić information content (AvgIpc) is 3.29. The van der Waals surface area contributed by atoms with Gasteiger partial charge < -0.3 is 4.52 Å². The number of fused-ring (bicyclic) bond motifs is 1. The van der Waals surface area contributed by atoms with E-state index in [2.05, 4.69) is 19.8 Å². The van der Waals surface area contributed by atoms with Crippen molar-refractivity contribution in [1.82, 2.24) is 19.8 Å². The van der Waals surface area contributed by atoms with E-state index in [0.717, 1.165) is 36.4 Å². The van der Waals surface area contributed by atoms with E-state index >= 15 is 0 Å². The van der Waals surface area contributed by atoms with Crippen LogP contribution in [0.3, 0.4) is 0 Å². The molecule has 3 heterocycles. The first kappa shape index (κ1) is 16.6. The second-order valence-electron chi connectivity index (χ2n) is 6.48. The summed E-state index contributed by atoms with van der Waals surface area (Å²) >= 11 is 1.51. The van der Waals surface area contributed by atoms with Crippen molar-refractivity contribution in [2.75, 3.05) is 0 Å². The Morgan fingerprint density at radius 1 is 1.28 bits per heavy atom. The van der Waals surface area contributed by atoms with Gasteiger partial charge in [0, 0.05) is 11.1 Å². The lowest BCUT2D eigenvalue weighted by molar-refractivity contribution is 0.402. The Morgan fingerprint density at radius 2 is 2.04 bits per heavy atom. The number of pyridine rings is 1. The molecule has 0 bridgehead atoms. The van der Waals surface area contributed by atoms with Crippen LogP contribution in [-0.4, -0.2) is 23.5 Å². The monoisotopic (exact) mass is 378 g/mol. The van der Waals surface area contributed by atoms with Crippen molar-refractivity contribution in [2.24, 2.45) is 0 Å². The molecule has 4 rings (SSSR count). The zero-order valence-electron chi connectivity index (χ0n) is 13.9. The predicted octanol–water partition coefficient (Wildman–Crippen LogP) is 3.04. The first-order valence-electron chi connectivity index (χ1n) is 8.08. The lowest BCUT2D eigenvalue weighted by Gasteiger charge is -2.27. The predicted molar refractivity (Wildman–Crippen MR) is 93.9 cm³/mol. The van der Waals surface area contributed by atoms with E-state index in [4.69, 9.17) is 4.52 Å². The van der Waals surface area contributed by atoms with E-state index in [1.54, 1.807) is 13.0 Å². The summed E-state index contributed by atoms with van der Waals surface area (Å²) in [7, 11) is -3.74. The van der Waals surface area contributed by atoms with Gasteiger partial charge in [-0.1, -0.05) is 18.0 Å². The zero-order valence-corrected chi connectivity index (χ0v) is 15.6. The van der Waals surface area contributed by atoms with Crippen molar-refractivity contribution in [3.05, 3.63) is 34.0 Å². The molecule has 0 saturated heterocycles. The SMILES string of the molecule is Cc1csc(C2(NS(=O)(=O)c3cnc4onc(C)c4c3)CCCC2)n1. The van der Waals surface area contributed by atoms with Crippen LogP contribution in [0.2, 0.25) is 0 Å². The number of nitrogens with one attached hydrogen (secondary N) is 1. The Bertz CT molecular complexity index is 1030. The molecule has 0 atom stereocenters. The maximum atomic E-state index is 13.0. The fraction of sp³-hybridized carbons (Fsp3) is 0.438. The molecule has 1 saturated carbocycles. The van der Waals surface area contributed by atoms with Gasteiger partial charge in [-0.05, 0) is 32.8 Å². The summed E-state index contributed by atoms with van der Waals surface area (Å²) in [5, 5.41) is 7.22. The minimum atomic E-state index is -3.74. The van der Waals surface area contributed by atoms with E-state index < -0.39 is 15.6 Å². The normalized spacial score (nSPS) is 17.4. The Kier molecular flexibility index (Phi) is 3.89. The number of thiazole rings is 1. The van der Waals surface area contributed by atoms with E-state index in [0.29, 0.717) is 16.8 Å². The molecule has 1 aliphatic rings. The molecular weight excluding hydrogens is 360 g/mol. The van der Waals surface area contributed by atoms with Crippen molar-refractivity contribution in [1.29, 1.82) is 0 Å². The highest BCUT2D eigenvalue weighted by Crippen LogP contribution is 2.41. The van der Waals surface area contributed by atoms with Crippen molar-refractivity contribution in [3.63, 3.8) is 0 Å². The summed E-state index contributed by atoms with van der Waals surface area (Å²) in [5.74, 6) is 0. The van der Waals surface area contributed by atoms with Gasteiger partial charge in [-0.15, -0.1) is 11.3 Å². The van der Waals surface area contributed by atoms with Crippen LogP contribution in [-0.2, 0) is 15.6 Å². The Morgan fingerprint density at radius 3 is 2.72 bits per heavy atom. The molecule has 1 fully saturated rings. The molecule has 0 radical (unpaired) electrons. The summed E-state index contributed by atoms with van der Waals surface area (Å²) in [6, 6.07) is 1.56. The standard InChI is InChI=1S/C16H18N4O3S2/c1-10-9-24-15(18-10)16(5-3-4-6-16)20-25(21,22)12-7-13-11(2)19-23-14(13)17-8-12/h7-9,20H,3-6H2,1-2H3. The van der Waals surface area contributed by atoms with Crippen molar-refractivity contribution in [2.45, 2.75) is 50.0 Å². The van der Waals surface area contributed by atoms with Crippen molar-refractivity contribution < 1.29 is 12.9 Å². The van der Waals surface area contributed by atoms with Gasteiger partial charge in [-0.2, -0.15) is 4.72 Å². The average molecular weight is 378 g/mol. The first-order valence-corrected chi connectivity index (χ1v) is 10.4. The molecule has 1 N–H and O–H groups in total. The quantitative estimate of drug-likeness (QED) is 0.749. The molecule has 1 aliphatic carbocycles. The van der Waals surface area contributed by atoms with Gasteiger partial charge in [-0.3, -0.25) is 0 Å². The molecule has 3 aromatic rings. The highest BCUT2D eigenvalue weighted by atomic mass is 32.2. The molecular formula is C16H18N4O3S2. The summed E-state index contributed by atoms with van der Waals surface area (Å²) in [4.78, 5) is 8.75. The maximum Gasteiger partial charge on any atom is 0.257 e. The minimum Gasteiger partial charge on any atom is -0.336 e. The van der Waals surface area contributed by atoms with Crippen LogP contribution < -0.4 is 4.72 Å². The lowest BCUT2D eigenvalue weighted by atomic mass is 10.0. The number of rotatable bonds is 4. The van der Waals surface area contributed by atoms with Crippen molar-refractivity contribution >= 4 is 32.5 Å². The smallest absolute Gasteiger partial charge is 0.257 e. The highest BCUT2D eigenvalue weighted by Gasteiger charge is 2.42. The van der Waals surface area contributed by atoms with E-state index in [1.165, 1.54) is 17.5 Å². The zero-order chi connectivity index (χ0) is 17.7. The van der Waals surface area contributed by atoms with Crippen LogP contribution in [0.1, 0.15) is 42.1 Å². The highest BCUT2D eigenvalue weighted by molar-refractivity contribution is 7.89. The number of nitrogens with zero attached hydrogens (tertiary/aromatic N) is 3. The number of aryl methyl sites for hydroxylation is 2. The summed E-state index contributed by atoms with van der Waals surface area (Å²) < 4.78 is 34.0. The second kappa shape index (κ2) is 5.86. The van der Waals surface area contributed by atoms with Gasteiger partial charge in [-0.25, -0.2) is 18.4 Å². The van der Waals surface area contributed by atoms with Gasteiger partial charge in [0.25, 0.3) is 5.71 Å². The molecule has 0 spiro atoms. The fourth-order valence-corrected chi connectivity index (χ4v) is 5.78. The van der Waals surface area contributed by atoms with Crippen LogP contribution in [0.4, 0.5) is 0 Å². The van der Waals surface area contributed by atoms with Crippen LogP contribution >= 0.6 is 11.3 Å². The maximum absolute atomic E-state index is 13.0. The number of hydrogen-bond donors (Lipinski definition) is 1. The molecule has 0 aromatic carbocycles. The third-order valence-corrected chi connectivity index (χ3v) is 7.28.